The van der Waals surface area contributed by atoms with E-state index in [-0.39, 0.29) is 11.8 Å². The molecule has 0 radical (unpaired) electrons. The summed E-state index contributed by atoms with van der Waals surface area (Å²) in [5.41, 5.74) is 0. The van der Waals surface area contributed by atoms with E-state index in [1.54, 1.807) is 6.07 Å². The maximum Gasteiger partial charge on any atom is 0.321 e. The average Bonchev–Trinajstić information content (AvgIpc) is 2.49. The van der Waals surface area contributed by atoms with Gasteiger partial charge < -0.3 is 10.1 Å². The normalized spacial score (nSPS) is 21.0. The number of para-hydroxylation sites is 1. The Morgan fingerprint density at radius 2 is 2.00 bits per heavy atom. The summed E-state index contributed by atoms with van der Waals surface area (Å²) in [6, 6.07) is 5.36. The van der Waals surface area contributed by atoms with Crippen molar-refractivity contribution in [1.82, 2.24) is 10.6 Å². The summed E-state index contributed by atoms with van der Waals surface area (Å²) >= 11 is 0. The van der Waals surface area contributed by atoms with E-state index in [2.05, 4.69) is 17.6 Å². The van der Waals surface area contributed by atoms with Crippen LogP contribution in [0.3, 0.4) is 0 Å². The molecule has 2 rings (SSSR count). The minimum Gasteiger partial charge on any atom is -0.481 e. The highest BCUT2D eigenvalue weighted by atomic mass is 19.1. The van der Waals surface area contributed by atoms with Crippen molar-refractivity contribution >= 4 is 11.9 Å². The Balaban J connectivity index is 1.74. The molecule has 120 valence electrons. The van der Waals surface area contributed by atoms with Crippen molar-refractivity contribution in [2.45, 2.75) is 38.6 Å². The Morgan fingerprint density at radius 1 is 1.27 bits per heavy atom. The van der Waals surface area contributed by atoms with E-state index in [1.807, 2.05) is 0 Å². The monoisotopic (exact) mass is 308 g/mol. The maximum atomic E-state index is 13.3. The topological polar surface area (TPSA) is 67.4 Å². The number of carbonyl (C=O) groups is 2. The molecule has 0 spiro atoms. The van der Waals surface area contributed by atoms with E-state index in [0.29, 0.717) is 5.92 Å². The largest absolute Gasteiger partial charge is 0.481 e. The van der Waals surface area contributed by atoms with E-state index < -0.39 is 24.4 Å². The highest BCUT2D eigenvalue weighted by molar-refractivity contribution is 5.95. The first kappa shape index (κ1) is 16.3. The fourth-order valence-electron chi connectivity index (χ4n) is 2.60. The number of nitrogens with one attached hydrogen (secondary N) is 2. The van der Waals surface area contributed by atoms with Crippen LogP contribution in [0.4, 0.5) is 9.18 Å². The molecule has 0 aliphatic heterocycles. The Morgan fingerprint density at radius 3 is 2.73 bits per heavy atom. The van der Waals surface area contributed by atoms with Crippen molar-refractivity contribution in [1.29, 1.82) is 0 Å². The Hall–Kier alpha value is -2.11. The fourth-order valence-corrected chi connectivity index (χ4v) is 2.60. The summed E-state index contributed by atoms with van der Waals surface area (Å²) in [5, 5.41) is 5.01. The SMILES string of the molecule is CC1CCCCC1NC(=O)NC(=O)COc1ccccc1F. The first-order valence-electron chi connectivity index (χ1n) is 7.54. The number of halogens is 1. The van der Waals surface area contributed by atoms with Crippen LogP contribution in [-0.2, 0) is 4.79 Å². The second-order valence-corrected chi connectivity index (χ2v) is 5.61. The number of hydrogen-bond donors (Lipinski definition) is 2. The van der Waals surface area contributed by atoms with Gasteiger partial charge in [-0.15, -0.1) is 0 Å². The molecule has 6 heteroatoms. The van der Waals surface area contributed by atoms with Crippen LogP contribution in [0.5, 0.6) is 5.75 Å². The molecule has 1 aliphatic rings. The summed E-state index contributed by atoms with van der Waals surface area (Å²) in [6.45, 7) is 1.68. The number of imide groups is 1. The highest BCUT2D eigenvalue weighted by Crippen LogP contribution is 2.23. The molecule has 1 aromatic carbocycles. The van der Waals surface area contributed by atoms with Gasteiger partial charge in [-0.3, -0.25) is 10.1 Å². The van der Waals surface area contributed by atoms with Gasteiger partial charge >= 0.3 is 6.03 Å². The van der Waals surface area contributed by atoms with Crippen molar-refractivity contribution in [3.05, 3.63) is 30.1 Å². The van der Waals surface area contributed by atoms with Crippen LogP contribution in [0.2, 0.25) is 0 Å². The third kappa shape index (κ3) is 4.72. The highest BCUT2D eigenvalue weighted by Gasteiger charge is 2.23. The van der Waals surface area contributed by atoms with Gasteiger partial charge in [0.1, 0.15) is 0 Å². The standard InChI is InChI=1S/C16H21FN2O3/c1-11-6-2-4-8-13(11)18-16(21)19-15(20)10-22-14-9-5-3-7-12(14)17/h3,5,7,9,11,13H,2,4,6,8,10H2,1H3,(H2,18,19,20,21). The summed E-state index contributed by atoms with van der Waals surface area (Å²) < 4.78 is 18.4. The number of benzene rings is 1. The first-order valence-corrected chi connectivity index (χ1v) is 7.54. The molecule has 3 amide bonds. The zero-order valence-electron chi connectivity index (χ0n) is 12.6. The fraction of sp³-hybridized carbons (Fsp3) is 0.500. The average molecular weight is 308 g/mol. The van der Waals surface area contributed by atoms with Gasteiger partial charge in [0.2, 0.25) is 0 Å². The lowest BCUT2D eigenvalue weighted by atomic mass is 9.86. The first-order chi connectivity index (χ1) is 10.6. The maximum absolute atomic E-state index is 13.3. The lowest BCUT2D eigenvalue weighted by molar-refractivity contribution is -0.122. The molecule has 1 saturated carbocycles. The van der Waals surface area contributed by atoms with Crippen LogP contribution in [0, 0.1) is 11.7 Å². The van der Waals surface area contributed by atoms with Gasteiger partial charge in [-0.05, 0) is 30.9 Å². The van der Waals surface area contributed by atoms with Crippen molar-refractivity contribution in [2.75, 3.05) is 6.61 Å². The van der Waals surface area contributed by atoms with Crippen LogP contribution in [0.1, 0.15) is 32.6 Å². The van der Waals surface area contributed by atoms with Crippen molar-refractivity contribution < 1.29 is 18.7 Å². The molecule has 1 fully saturated rings. The lowest BCUT2D eigenvalue weighted by Crippen LogP contribution is -2.48. The van der Waals surface area contributed by atoms with Gasteiger partial charge in [0.05, 0.1) is 0 Å². The van der Waals surface area contributed by atoms with E-state index in [0.717, 1.165) is 19.3 Å². The van der Waals surface area contributed by atoms with Gasteiger partial charge in [-0.1, -0.05) is 31.9 Å². The molecule has 2 unspecified atom stereocenters. The minimum absolute atomic E-state index is 0.0149. The number of carbonyl (C=O) groups excluding carboxylic acids is 2. The molecule has 1 aliphatic carbocycles. The van der Waals surface area contributed by atoms with Gasteiger partial charge in [-0.25, -0.2) is 9.18 Å². The lowest BCUT2D eigenvalue weighted by Gasteiger charge is -2.29. The van der Waals surface area contributed by atoms with Crippen molar-refractivity contribution in [2.24, 2.45) is 5.92 Å². The predicted octanol–water partition coefficient (Wildman–Crippen LogP) is 2.61. The van der Waals surface area contributed by atoms with Crippen LogP contribution in [0.25, 0.3) is 0 Å². The van der Waals surface area contributed by atoms with E-state index in [1.165, 1.54) is 24.6 Å². The van der Waals surface area contributed by atoms with Crippen LogP contribution >= 0.6 is 0 Å². The molecular formula is C16H21FN2O3. The quantitative estimate of drug-likeness (QED) is 0.898. The summed E-state index contributed by atoms with van der Waals surface area (Å²) in [6.07, 6.45) is 4.26. The zero-order chi connectivity index (χ0) is 15.9. The van der Waals surface area contributed by atoms with Crippen LogP contribution in [-0.4, -0.2) is 24.6 Å². The smallest absolute Gasteiger partial charge is 0.321 e. The van der Waals surface area contributed by atoms with Crippen molar-refractivity contribution in [3.8, 4) is 5.75 Å². The van der Waals surface area contributed by atoms with E-state index >= 15 is 0 Å². The van der Waals surface area contributed by atoms with E-state index in [9.17, 15) is 14.0 Å². The van der Waals surface area contributed by atoms with Crippen LogP contribution < -0.4 is 15.4 Å². The van der Waals surface area contributed by atoms with Crippen molar-refractivity contribution in [3.63, 3.8) is 0 Å². The molecule has 2 atom stereocenters. The van der Waals surface area contributed by atoms with Gasteiger partial charge in [-0.2, -0.15) is 0 Å². The second kappa shape index (κ2) is 7.77. The second-order valence-electron chi connectivity index (χ2n) is 5.61. The predicted molar refractivity (Wildman–Crippen MR) is 80.0 cm³/mol. The van der Waals surface area contributed by atoms with Gasteiger partial charge in [0, 0.05) is 6.04 Å². The summed E-state index contributed by atoms with van der Waals surface area (Å²) in [5.74, 6) is -0.761. The molecule has 0 saturated heterocycles. The molecular weight excluding hydrogens is 287 g/mol. The van der Waals surface area contributed by atoms with E-state index in [4.69, 9.17) is 4.74 Å². The van der Waals surface area contributed by atoms with Gasteiger partial charge in [0.25, 0.3) is 5.91 Å². The number of rotatable bonds is 4. The summed E-state index contributed by atoms with van der Waals surface area (Å²) in [7, 11) is 0. The third-order valence-electron chi connectivity index (χ3n) is 3.88. The van der Waals surface area contributed by atoms with Crippen LogP contribution in [0.15, 0.2) is 24.3 Å². The number of amides is 3. The number of urea groups is 1. The Bertz CT molecular complexity index is 536. The van der Waals surface area contributed by atoms with Gasteiger partial charge in [0.15, 0.2) is 18.2 Å². The summed E-state index contributed by atoms with van der Waals surface area (Å²) in [4.78, 5) is 23.4. The molecule has 2 N–H and O–H groups in total. The molecule has 5 nitrogen and oxygen atoms in total. The third-order valence-corrected chi connectivity index (χ3v) is 3.88. The Labute approximate surface area is 129 Å². The number of ether oxygens (including phenoxy) is 1. The number of hydrogen-bond acceptors (Lipinski definition) is 3. The molecule has 0 aromatic heterocycles. The molecule has 0 bridgehead atoms. The molecule has 0 heterocycles. The zero-order valence-corrected chi connectivity index (χ0v) is 12.6. The Kier molecular flexibility index (Phi) is 5.75. The minimum atomic E-state index is -0.607. The molecule has 1 aromatic rings. The molecule has 22 heavy (non-hydrogen) atoms.